The molecule has 2 aromatic rings. The Bertz CT molecular complexity index is 600. The van der Waals surface area contributed by atoms with E-state index in [9.17, 15) is 14.0 Å². The second kappa shape index (κ2) is 5.15. The fourth-order valence-corrected chi connectivity index (χ4v) is 1.99. The van der Waals surface area contributed by atoms with Crippen molar-refractivity contribution >= 4 is 0 Å². The lowest BCUT2D eigenvalue weighted by molar-refractivity contribution is 0.552. The summed E-state index contributed by atoms with van der Waals surface area (Å²) in [7, 11) is 0. The van der Waals surface area contributed by atoms with E-state index in [2.05, 4.69) is 11.1 Å². The summed E-state index contributed by atoms with van der Waals surface area (Å²) in [6.07, 6.45) is 3.63. The molecular weight excluding hydrogens is 246 g/mol. The average Bonchev–Trinajstić information content (AvgIpc) is 2.38. The highest BCUT2D eigenvalue weighted by molar-refractivity contribution is 5.35. The van der Waals surface area contributed by atoms with Gasteiger partial charge in [-0.05, 0) is 42.7 Å². The van der Waals surface area contributed by atoms with Crippen molar-refractivity contribution in [2.75, 3.05) is 0 Å². The molecule has 0 aliphatic rings. The lowest BCUT2D eigenvalue weighted by atomic mass is 9.79. The van der Waals surface area contributed by atoms with Gasteiger partial charge in [-0.3, -0.25) is 4.98 Å². The lowest BCUT2D eigenvalue weighted by Gasteiger charge is -2.22. The number of pyridine rings is 1. The Morgan fingerprint density at radius 2 is 1.95 bits per heavy atom. The fraction of sp³-hybridized carbons (Fsp3) is 0.200. The van der Waals surface area contributed by atoms with Crippen LogP contribution in [0.15, 0.2) is 42.7 Å². The van der Waals surface area contributed by atoms with Gasteiger partial charge in [-0.2, -0.15) is 5.26 Å². The molecule has 0 radical (unpaired) electrons. The predicted molar refractivity (Wildman–Crippen MR) is 67.3 cm³/mol. The van der Waals surface area contributed by atoms with Gasteiger partial charge in [-0.1, -0.05) is 6.07 Å². The van der Waals surface area contributed by atoms with Crippen LogP contribution in [0.1, 0.15) is 18.1 Å². The van der Waals surface area contributed by atoms with E-state index in [-0.39, 0.29) is 0 Å². The highest BCUT2D eigenvalue weighted by atomic mass is 19.1. The van der Waals surface area contributed by atoms with Crippen molar-refractivity contribution in [2.24, 2.45) is 0 Å². The van der Waals surface area contributed by atoms with Crippen molar-refractivity contribution in [3.63, 3.8) is 0 Å². The number of rotatable bonds is 3. The summed E-state index contributed by atoms with van der Waals surface area (Å²) in [6.45, 7) is 1.66. The van der Waals surface area contributed by atoms with Crippen LogP contribution >= 0.6 is 0 Å². The molecule has 4 heteroatoms. The summed E-state index contributed by atoms with van der Waals surface area (Å²) in [5.41, 5.74) is 0.180. The van der Waals surface area contributed by atoms with Gasteiger partial charge in [0.05, 0.1) is 11.5 Å². The monoisotopic (exact) mass is 258 g/mol. The lowest BCUT2D eigenvalue weighted by Crippen LogP contribution is -2.23. The fourth-order valence-electron chi connectivity index (χ4n) is 1.99. The molecule has 1 aromatic heterocycles. The molecule has 0 fully saturated rings. The Labute approximate surface area is 110 Å². The number of halogens is 2. The molecular formula is C15H12F2N2. The van der Waals surface area contributed by atoms with Crippen LogP contribution in [0.4, 0.5) is 8.78 Å². The predicted octanol–water partition coefficient (Wildman–Crippen LogP) is 3.38. The summed E-state index contributed by atoms with van der Waals surface area (Å²) in [4.78, 5) is 3.97. The Morgan fingerprint density at radius 3 is 2.47 bits per heavy atom. The summed E-state index contributed by atoms with van der Waals surface area (Å²) in [6, 6.07) is 8.92. The molecule has 0 aliphatic carbocycles. The SMILES string of the molecule is CC(C#N)(Cc1cccnc1)c1cc(F)cc(F)c1. The van der Waals surface area contributed by atoms with Gasteiger partial charge in [0.15, 0.2) is 0 Å². The van der Waals surface area contributed by atoms with E-state index in [0.717, 1.165) is 11.6 Å². The Kier molecular flexibility index (Phi) is 3.57. The standard InChI is InChI=1S/C15H12F2N2/c1-15(10-18,8-11-3-2-4-19-9-11)12-5-13(16)7-14(17)6-12/h2-7,9H,8H2,1H3. The molecule has 0 spiro atoms. The molecule has 0 amide bonds. The maximum absolute atomic E-state index is 13.3. The molecule has 0 aliphatic heterocycles. The molecule has 2 nitrogen and oxygen atoms in total. The number of aromatic nitrogens is 1. The third-order valence-electron chi connectivity index (χ3n) is 3.03. The molecule has 0 saturated heterocycles. The van der Waals surface area contributed by atoms with Crippen LogP contribution in [-0.2, 0) is 11.8 Å². The maximum Gasteiger partial charge on any atom is 0.126 e. The largest absolute Gasteiger partial charge is 0.264 e. The minimum atomic E-state index is -0.994. The van der Waals surface area contributed by atoms with Crippen LogP contribution in [0, 0.1) is 23.0 Å². The minimum absolute atomic E-state index is 0.330. The zero-order chi connectivity index (χ0) is 13.9. The summed E-state index contributed by atoms with van der Waals surface area (Å²) in [5, 5.41) is 9.37. The summed E-state index contributed by atoms with van der Waals surface area (Å²) >= 11 is 0. The molecule has 1 atom stereocenters. The number of hydrogen-bond acceptors (Lipinski definition) is 2. The Balaban J connectivity index is 2.40. The van der Waals surface area contributed by atoms with E-state index >= 15 is 0 Å². The van der Waals surface area contributed by atoms with Crippen molar-refractivity contribution < 1.29 is 8.78 Å². The van der Waals surface area contributed by atoms with Gasteiger partial charge >= 0.3 is 0 Å². The van der Waals surface area contributed by atoms with Crippen molar-refractivity contribution in [3.05, 3.63) is 65.5 Å². The maximum atomic E-state index is 13.3. The molecule has 0 N–H and O–H groups in total. The first-order valence-electron chi connectivity index (χ1n) is 5.80. The van der Waals surface area contributed by atoms with Gasteiger partial charge in [0.2, 0.25) is 0 Å². The van der Waals surface area contributed by atoms with E-state index in [4.69, 9.17) is 0 Å². The van der Waals surface area contributed by atoms with E-state index in [1.165, 1.54) is 12.1 Å². The van der Waals surface area contributed by atoms with Gasteiger partial charge in [0, 0.05) is 18.5 Å². The molecule has 96 valence electrons. The molecule has 1 aromatic carbocycles. The van der Waals surface area contributed by atoms with Gasteiger partial charge < -0.3 is 0 Å². The van der Waals surface area contributed by atoms with Crippen LogP contribution in [0.25, 0.3) is 0 Å². The first-order valence-corrected chi connectivity index (χ1v) is 5.80. The van der Waals surface area contributed by atoms with Crippen LogP contribution < -0.4 is 0 Å². The highest BCUT2D eigenvalue weighted by Gasteiger charge is 2.28. The molecule has 1 unspecified atom stereocenters. The zero-order valence-electron chi connectivity index (χ0n) is 10.4. The second-order valence-corrected chi connectivity index (χ2v) is 4.64. The van der Waals surface area contributed by atoms with Gasteiger partial charge in [-0.15, -0.1) is 0 Å². The number of nitrogens with zero attached hydrogens (tertiary/aromatic N) is 2. The molecule has 1 heterocycles. The third-order valence-corrected chi connectivity index (χ3v) is 3.03. The Hall–Kier alpha value is -2.28. The third kappa shape index (κ3) is 2.94. The first kappa shape index (κ1) is 13.2. The topological polar surface area (TPSA) is 36.7 Å². The molecule has 2 rings (SSSR count). The Morgan fingerprint density at radius 1 is 1.26 bits per heavy atom. The van der Waals surface area contributed by atoms with Gasteiger partial charge in [0.25, 0.3) is 0 Å². The van der Waals surface area contributed by atoms with E-state index in [1.807, 2.05) is 6.07 Å². The zero-order valence-corrected chi connectivity index (χ0v) is 10.4. The molecule has 19 heavy (non-hydrogen) atoms. The van der Waals surface area contributed by atoms with Crippen molar-refractivity contribution in [1.29, 1.82) is 5.26 Å². The summed E-state index contributed by atoms with van der Waals surface area (Å²) in [5.74, 6) is -1.36. The highest BCUT2D eigenvalue weighted by Crippen LogP contribution is 2.28. The summed E-state index contributed by atoms with van der Waals surface area (Å²) < 4.78 is 26.5. The molecule has 0 bridgehead atoms. The number of benzene rings is 1. The van der Waals surface area contributed by atoms with Gasteiger partial charge in [-0.25, -0.2) is 8.78 Å². The number of nitriles is 1. The van der Waals surface area contributed by atoms with E-state index < -0.39 is 17.0 Å². The first-order chi connectivity index (χ1) is 9.03. The van der Waals surface area contributed by atoms with E-state index in [1.54, 1.807) is 25.4 Å². The van der Waals surface area contributed by atoms with Crippen LogP contribution in [0.3, 0.4) is 0 Å². The van der Waals surface area contributed by atoms with E-state index in [0.29, 0.717) is 12.0 Å². The van der Waals surface area contributed by atoms with Crippen LogP contribution in [-0.4, -0.2) is 4.98 Å². The van der Waals surface area contributed by atoms with Crippen LogP contribution in [0.5, 0.6) is 0 Å². The van der Waals surface area contributed by atoms with Crippen LogP contribution in [0.2, 0.25) is 0 Å². The normalized spacial score (nSPS) is 13.6. The number of hydrogen-bond donors (Lipinski definition) is 0. The quantitative estimate of drug-likeness (QED) is 0.846. The second-order valence-electron chi connectivity index (χ2n) is 4.64. The van der Waals surface area contributed by atoms with Crippen molar-refractivity contribution in [2.45, 2.75) is 18.8 Å². The minimum Gasteiger partial charge on any atom is -0.264 e. The van der Waals surface area contributed by atoms with Gasteiger partial charge in [0.1, 0.15) is 11.6 Å². The smallest absolute Gasteiger partial charge is 0.126 e. The molecule has 0 saturated carbocycles. The van der Waals surface area contributed by atoms with Crippen molar-refractivity contribution in [1.82, 2.24) is 4.98 Å². The van der Waals surface area contributed by atoms with Crippen molar-refractivity contribution in [3.8, 4) is 6.07 Å². The average molecular weight is 258 g/mol.